The molecular formula is C14H18N2O5. The van der Waals surface area contributed by atoms with Crippen molar-refractivity contribution in [3.05, 3.63) is 39.4 Å². The van der Waals surface area contributed by atoms with Crippen molar-refractivity contribution in [3.63, 3.8) is 0 Å². The number of rotatable bonds is 4. The Hall–Kier alpha value is -2.44. The van der Waals surface area contributed by atoms with Crippen LogP contribution in [0.2, 0.25) is 0 Å². The van der Waals surface area contributed by atoms with Gasteiger partial charge in [-0.1, -0.05) is 26.8 Å². The monoisotopic (exact) mass is 294 g/mol. The van der Waals surface area contributed by atoms with E-state index in [0.29, 0.717) is 0 Å². The second-order valence-electron chi connectivity index (χ2n) is 5.82. The third kappa shape index (κ3) is 3.77. The molecule has 2 N–H and O–H groups in total. The number of nitro benzene ring substituents is 1. The van der Waals surface area contributed by atoms with Crippen LogP contribution < -0.4 is 5.32 Å². The van der Waals surface area contributed by atoms with Crippen molar-refractivity contribution in [2.75, 3.05) is 0 Å². The zero-order valence-electron chi connectivity index (χ0n) is 12.3. The van der Waals surface area contributed by atoms with Gasteiger partial charge in [-0.25, -0.2) is 4.79 Å². The third-order valence-electron chi connectivity index (χ3n) is 3.13. The summed E-state index contributed by atoms with van der Waals surface area (Å²) in [5.74, 6) is -1.79. The summed E-state index contributed by atoms with van der Waals surface area (Å²) in [6, 6.07) is 3.03. The minimum absolute atomic E-state index is 0.0969. The van der Waals surface area contributed by atoms with E-state index in [9.17, 15) is 24.8 Å². The van der Waals surface area contributed by atoms with Gasteiger partial charge in [0.2, 0.25) is 0 Å². The summed E-state index contributed by atoms with van der Waals surface area (Å²) in [6.07, 6.45) is 0. The van der Waals surface area contributed by atoms with Crippen LogP contribution >= 0.6 is 0 Å². The molecule has 0 radical (unpaired) electrons. The molecule has 0 aliphatic carbocycles. The van der Waals surface area contributed by atoms with Crippen LogP contribution in [0.5, 0.6) is 0 Å². The lowest BCUT2D eigenvalue weighted by Gasteiger charge is -2.27. The Morgan fingerprint density at radius 2 is 1.90 bits per heavy atom. The molecule has 0 saturated carbocycles. The maximum absolute atomic E-state index is 12.2. The van der Waals surface area contributed by atoms with Gasteiger partial charge in [-0.15, -0.1) is 0 Å². The van der Waals surface area contributed by atoms with E-state index in [4.69, 9.17) is 0 Å². The van der Waals surface area contributed by atoms with Crippen LogP contribution in [0.25, 0.3) is 0 Å². The Labute approximate surface area is 122 Å². The van der Waals surface area contributed by atoms with Crippen molar-refractivity contribution in [1.29, 1.82) is 0 Å². The summed E-state index contributed by atoms with van der Waals surface area (Å²) in [5, 5.41) is 22.5. The molecule has 0 aliphatic rings. The molecule has 0 aromatic heterocycles. The van der Waals surface area contributed by atoms with Gasteiger partial charge < -0.3 is 10.4 Å². The standard InChI is InChI=1S/C14H18N2O5/c1-8-9(6-5-7-10(8)16(20)21)12(17)15-11(13(18)19)14(2,3)4/h5-7,11H,1-4H3,(H,15,17)(H,18,19)/t11-/m1/s1. The molecular weight excluding hydrogens is 276 g/mol. The van der Waals surface area contributed by atoms with E-state index in [1.165, 1.54) is 25.1 Å². The van der Waals surface area contributed by atoms with E-state index in [1.807, 2.05) is 0 Å². The van der Waals surface area contributed by atoms with E-state index in [-0.39, 0.29) is 16.8 Å². The lowest BCUT2D eigenvalue weighted by atomic mass is 9.86. The molecule has 0 heterocycles. The van der Waals surface area contributed by atoms with Crippen LogP contribution in [0.1, 0.15) is 36.7 Å². The Morgan fingerprint density at radius 1 is 1.33 bits per heavy atom. The van der Waals surface area contributed by atoms with E-state index in [1.54, 1.807) is 20.8 Å². The molecule has 0 fully saturated rings. The molecule has 1 aromatic carbocycles. The molecule has 1 atom stereocenters. The number of nitrogens with one attached hydrogen (secondary N) is 1. The maximum atomic E-state index is 12.2. The van der Waals surface area contributed by atoms with E-state index in [0.717, 1.165) is 0 Å². The van der Waals surface area contributed by atoms with Gasteiger partial charge in [-0.3, -0.25) is 14.9 Å². The Kier molecular flexibility index (Phi) is 4.67. The summed E-state index contributed by atoms with van der Waals surface area (Å²) in [5.41, 5.74) is -0.557. The fourth-order valence-electron chi connectivity index (χ4n) is 1.92. The lowest BCUT2D eigenvalue weighted by molar-refractivity contribution is -0.385. The number of carbonyl (C=O) groups is 2. The van der Waals surface area contributed by atoms with E-state index in [2.05, 4.69) is 5.32 Å². The highest BCUT2D eigenvalue weighted by molar-refractivity contribution is 5.98. The molecule has 0 saturated heterocycles. The van der Waals surface area contributed by atoms with Crippen molar-refractivity contribution >= 4 is 17.6 Å². The molecule has 1 aromatic rings. The number of nitrogens with zero attached hydrogens (tertiary/aromatic N) is 1. The second-order valence-corrected chi connectivity index (χ2v) is 5.82. The number of carboxylic acids is 1. The summed E-state index contributed by atoms with van der Waals surface area (Å²) < 4.78 is 0. The number of hydrogen-bond acceptors (Lipinski definition) is 4. The van der Waals surface area contributed by atoms with Crippen molar-refractivity contribution in [2.45, 2.75) is 33.7 Å². The fraction of sp³-hybridized carbons (Fsp3) is 0.429. The molecule has 0 spiro atoms. The molecule has 0 bridgehead atoms. The predicted molar refractivity (Wildman–Crippen MR) is 76.2 cm³/mol. The quantitative estimate of drug-likeness (QED) is 0.653. The van der Waals surface area contributed by atoms with Gasteiger partial charge in [0.05, 0.1) is 4.92 Å². The smallest absolute Gasteiger partial charge is 0.326 e. The van der Waals surface area contributed by atoms with E-state index < -0.39 is 28.3 Å². The van der Waals surface area contributed by atoms with Gasteiger partial charge >= 0.3 is 5.97 Å². The number of carbonyl (C=O) groups excluding carboxylic acids is 1. The van der Waals surface area contributed by atoms with Crippen LogP contribution in [0.3, 0.4) is 0 Å². The van der Waals surface area contributed by atoms with Gasteiger partial charge in [-0.05, 0) is 18.4 Å². The number of carboxylic acid groups (broad SMARTS) is 1. The minimum atomic E-state index is -1.15. The van der Waals surface area contributed by atoms with Gasteiger partial charge in [-0.2, -0.15) is 0 Å². The molecule has 1 rings (SSSR count). The molecule has 114 valence electrons. The SMILES string of the molecule is Cc1c(C(=O)N[C@H](C(=O)O)C(C)(C)C)cccc1[N+](=O)[O-]. The molecule has 7 nitrogen and oxygen atoms in total. The predicted octanol–water partition coefficient (Wildman–Crippen LogP) is 2.13. The molecule has 21 heavy (non-hydrogen) atoms. The van der Waals surface area contributed by atoms with Crippen LogP contribution in [0.4, 0.5) is 5.69 Å². The Bertz CT molecular complexity index is 590. The van der Waals surface area contributed by atoms with Gasteiger partial charge in [0.15, 0.2) is 0 Å². The average molecular weight is 294 g/mol. The lowest BCUT2D eigenvalue weighted by Crippen LogP contribution is -2.49. The first-order chi connectivity index (χ1) is 9.55. The first-order valence-electron chi connectivity index (χ1n) is 6.33. The van der Waals surface area contributed by atoms with Crippen LogP contribution in [0.15, 0.2) is 18.2 Å². The van der Waals surface area contributed by atoms with Gasteiger partial charge in [0, 0.05) is 17.2 Å². The highest BCUT2D eigenvalue weighted by Crippen LogP contribution is 2.23. The first kappa shape index (κ1) is 16.6. The Morgan fingerprint density at radius 3 is 2.33 bits per heavy atom. The summed E-state index contributed by atoms with van der Waals surface area (Å²) in [7, 11) is 0. The van der Waals surface area contributed by atoms with Crippen LogP contribution in [-0.4, -0.2) is 27.9 Å². The summed E-state index contributed by atoms with van der Waals surface area (Å²) in [4.78, 5) is 33.7. The topological polar surface area (TPSA) is 110 Å². The van der Waals surface area contributed by atoms with Gasteiger partial charge in [0.1, 0.15) is 6.04 Å². The number of hydrogen-bond donors (Lipinski definition) is 2. The normalized spacial score (nSPS) is 12.6. The van der Waals surface area contributed by atoms with Crippen LogP contribution in [0, 0.1) is 22.5 Å². The van der Waals surface area contributed by atoms with Crippen molar-refractivity contribution in [2.24, 2.45) is 5.41 Å². The van der Waals surface area contributed by atoms with Crippen molar-refractivity contribution in [3.8, 4) is 0 Å². The van der Waals surface area contributed by atoms with Crippen LogP contribution in [-0.2, 0) is 4.79 Å². The van der Waals surface area contributed by atoms with Gasteiger partial charge in [0.25, 0.3) is 11.6 Å². The number of amides is 1. The summed E-state index contributed by atoms with van der Waals surface area (Å²) in [6.45, 7) is 6.52. The number of aliphatic carboxylic acids is 1. The Balaban J connectivity index is 3.13. The first-order valence-corrected chi connectivity index (χ1v) is 6.33. The maximum Gasteiger partial charge on any atom is 0.326 e. The molecule has 0 unspecified atom stereocenters. The zero-order chi connectivity index (χ0) is 16.4. The average Bonchev–Trinajstić information content (AvgIpc) is 2.33. The highest BCUT2D eigenvalue weighted by atomic mass is 16.6. The fourth-order valence-corrected chi connectivity index (χ4v) is 1.92. The molecule has 0 aliphatic heterocycles. The third-order valence-corrected chi connectivity index (χ3v) is 3.13. The molecule has 7 heteroatoms. The summed E-state index contributed by atoms with van der Waals surface area (Å²) >= 11 is 0. The van der Waals surface area contributed by atoms with Crippen molar-refractivity contribution in [1.82, 2.24) is 5.32 Å². The highest BCUT2D eigenvalue weighted by Gasteiger charge is 2.33. The number of benzene rings is 1. The minimum Gasteiger partial charge on any atom is -0.480 e. The van der Waals surface area contributed by atoms with E-state index >= 15 is 0 Å². The zero-order valence-corrected chi connectivity index (χ0v) is 12.3. The number of nitro groups is 1. The van der Waals surface area contributed by atoms with Crippen molar-refractivity contribution < 1.29 is 19.6 Å². The largest absolute Gasteiger partial charge is 0.480 e. The second kappa shape index (κ2) is 5.90. The molecule has 1 amide bonds.